The second-order valence-electron chi connectivity index (χ2n) is 4.51. The fourth-order valence-electron chi connectivity index (χ4n) is 1.03. The Hall–Kier alpha value is -1.89. The highest BCUT2D eigenvalue weighted by Crippen LogP contribution is 2.20. The molecule has 0 atom stereocenters. The van der Waals surface area contributed by atoms with Gasteiger partial charge in [-0.25, -0.2) is 4.39 Å². The van der Waals surface area contributed by atoms with E-state index in [1.54, 1.807) is 20.8 Å². The van der Waals surface area contributed by atoms with Gasteiger partial charge in [-0.2, -0.15) is 5.26 Å². The summed E-state index contributed by atoms with van der Waals surface area (Å²) in [4.78, 5) is 11.7. The maximum atomic E-state index is 12.8. The number of nitrogens with one attached hydrogen (secondary N) is 1. The maximum absolute atomic E-state index is 12.8. The maximum Gasteiger partial charge on any atom is 0.229 e. The second-order valence-corrected chi connectivity index (χ2v) is 4.51. The van der Waals surface area contributed by atoms with Crippen LogP contribution in [0.25, 0.3) is 0 Å². The molecule has 84 valence electrons. The molecule has 0 aliphatic carbocycles. The smallest absolute Gasteiger partial charge is 0.229 e. The summed E-state index contributed by atoms with van der Waals surface area (Å²) in [6, 6.07) is 5.53. The number of anilines is 1. The van der Waals surface area contributed by atoms with E-state index in [4.69, 9.17) is 5.26 Å². The summed E-state index contributed by atoms with van der Waals surface area (Å²) in [7, 11) is 0. The van der Waals surface area contributed by atoms with Crippen LogP contribution in [-0.4, -0.2) is 5.91 Å². The van der Waals surface area contributed by atoms with Crippen molar-refractivity contribution in [2.24, 2.45) is 5.41 Å². The first-order valence-corrected chi connectivity index (χ1v) is 4.85. The van der Waals surface area contributed by atoms with Crippen molar-refractivity contribution in [2.75, 3.05) is 5.32 Å². The summed E-state index contributed by atoms with van der Waals surface area (Å²) in [6.45, 7) is 5.29. The molecule has 0 radical (unpaired) electrons. The number of nitriles is 1. The summed E-state index contributed by atoms with van der Waals surface area (Å²) in [5, 5.41) is 11.4. The monoisotopic (exact) mass is 220 g/mol. The molecule has 0 unspecified atom stereocenters. The van der Waals surface area contributed by atoms with E-state index in [9.17, 15) is 9.18 Å². The van der Waals surface area contributed by atoms with Crippen molar-refractivity contribution in [3.05, 3.63) is 29.6 Å². The molecule has 1 aromatic rings. The van der Waals surface area contributed by atoms with Crippen molar-refractivity contribution in [2.45, 2.75) is 20.8 Å². The number of rotatable bonds is 1. The molecule has 0 spiro atoms. The minimum absolute atomic E-state index is 0.123. The Morgan fingerprint density at radius 3 is 2.56 bits per heavy atom. The highest BCUT2D eigenvalue weighted by molar-refractivity contribution is 5.95. The molecule has 1 rings (SSSR count). The normalized spacial score (nSPS) is 10.7. The van der Waals surface area contributed by atoms with Gasteiger partial charge in [0.05, 0.1) is 11.3 Å². The van der Waals surface area contributed by atoms with Gasteiger partial charge in [0.1, 0.15) is 11.9 Å². The number of amides is 1. The van der Waals surface area contributed by atoms with E-state index in [1.807, 2.05) is 6.07 Å². The number of hydrogen-bond acceptors (Lipinski definition) is 2. The van der Waals surface area contributed by atoms with Crippen LogP contribution < -0.4 is 5.32 Å². The Morgan fingerprint density at radius 1 is 1.44 bits per heavy atom. The number of carbonyl (C=O) groups is 1. The first-order valence-electron chi connectivity index (χ1n) is 4.85. The number of benzene rings is 1. The Labute approximate surface area is 93.9 Å². The molecule has 0 saturated heterocycles. The van der Waals surface area contributed by atoms with E-state index in [1.165, 1.54) is 12.1 Å². The lowest BCUT2D eigenvalue weighted by atomic mass is 9.95. The fraction of sp³-hybridized carbons (Fsp3) is 0.333. The Balaban J connectivity index is 2.99. The number of hydrogen-bond donors (Lipinski definition) is 1. The zero-order valence-corrected chi connectivity index (χ0v) is 9.47. The molecule has 0 bridgehead atoms. The minimum Gasteiger partial charge on any atom is -0.324 e. The van der Waals surface area contributed by atoms with Gasteiger partial charge in [0.15, 0.2) is 0 Å². The van der Waals surface area contributed by atoms with E-state index in [0.717, 1.165) is 6.07 Å². The predicted octanol–water partition coefficient (Wildman–Crippen LogP) is 2.68. The number of halogens is 1. The molecule has 0 aromatic heterocycles. The van der Waals surface area contributed by atoms with Crippen molar-refractivity contribution < 1.29 is 9.18 Å². The van der Waals surface area contributed by atoms with Crippen LogP contribution in [0.3, 0.4) is 0 Å². The lowest BCUT2D eigenvalue weighted by Crippen LogP contribution is -2.27. The molecule has 0 aliphatic heterocycles. The zero-order chi connectivity index (χ0) is 12.3. The quantitative estimate of drug-likeness (QED) is 0.791. The van der Waals surface area contributed by atoms with Crippen LogP contribution in [0.15, 0.2) is 18.2 Å². The van der Waals surface area contributed by atoms with Crippen LogP contribution in [0.1, 0.15) is 26.3 Å². The van der Waals surface area contributed by atoms with E-state index in [2.05, 4.69) is 5.32 Å². The lowest BCUT2D eigenvalue weighted by molar-refractivity contribution is -0.123. The summed E-state index contributed by atoms with van der Waals surface area (Å²) in [6.07, 6.45) is 0. The van der Waals surface area contributed by atoms with Gasteiger partial charge < -0.3 is 5.32 Å². The molecule has 1 amide bonds. The van der Waals surface area contributed by atoms with Gasteiger partial charge in [-0.1, -0.05) is 20.8 Å². The summed E-state index contributed by atoms with van der Waals surface area (Å²) < 4.78 is 12.8. The molecule has 3 nitrogen and oxygen atoms in total. The number of carbonyl (C=O) groups excluding carboxylic acids is 1. The standard InChI is InChI=1S/C12H13FN2O/c1-12(2,3)11(16)15-10-5-4-9(13)6-8(10)7-14/h4-6H,1-3H3,(H,15,16). The van der Waals surface area contributed by atoms with Crippen molar-refractivity contribution in [1.82, 2.24) is 0 Å². The molecule has 0 fully saturated rings. The van der Waals surface area contributed by atoms with Gasteiger partial charge in [-0.15, -0.1) is 0 Å². The predicted molar refractivity (Wildman–Crippen MR) is 59.2 cm³/mol. The third-order valence-corrected chi connectivity index (χ3v) is 2.03. The Kier molecular flexibility index (Phi) is 3.28. The molecule has 1 N–H and O–H groups in total. The van der Waals surface area contributed by atoms with Gasteiger partial charge in [-0.3, -0.25) is 4.79 Å². The second kappa shape index (κ2) is 4.31. The molecule has 16 heavy (non-hydrogen) atoms. The average molecular weight is 220 g/mol. The fourth-order valence-corrected chi connectivity index (χ4v) is 1.03. The van der Waals surface area contributed by atoms with Crippen molar-refractivity contribution in [1.29, 1.82) is 5.26 Å². The third kappa shape index (κ3) is 2.80. The number of nitrogens with zero attached hydrogens (tertiary/aromatic N) is 1. The van der Waals surface area contributed by atoms with Gasteiger partial charge in [0, 0.05) is 5.41 Å². The summed E-state index contributed by atoms with van der Waals surface area (Å²) >= 11 is 0. The van der Waals surface area contributed by atoms with Crippen LogP contribution in [0, 0.1) is 22.6 Å². The Morgan fingerprint density at radius 2 is 2.06 bits per heavy atom. The van der Waals surface area contributed by atoms with Gasteiger partial charge in [0.2, 0.25) is 5.91 Å². The van der Waals surface area contributed by atoms with E-state index in [0.29, 0.717) is 5.69 Å². The van der Waals surface area contributed by atoms with Crippen LogP contribution in [0.4, 0.5) is 10.1 Å². The Bertz CT molecular complexity index is 455. The van der Waals surface area contributed by atoms with Crippen LogP contribution in [0.5, 0.6) is 0 Å². The zero-order valence-electron chi connectivity index (χ0n) is 9.47. The molecular formula is C12H13FN2O. The van der Waals surface area contributed by atoms with Crippen molar-refractivity contribution in [3.8, 4) is 6.07 Å². The topological polar surface area (TPSA) is 52.9 Å². The largest absolute Gasteiger partial charge is 0.324 e. The van der Waals surface area contributed by atoms with E-state index < -0.39 is 11.2 Å². The van der Waals surface area contributed by atoms with Crippen LogP contribution in [-0.2, 0) is 4.79 Å². The van der Waals surface area contributed by atoms with Crippen molar-refractivity contribution >= 4 is 11.6 Å². The lowest BCUT2D eigenvalue weighted by Gasteiger charge is -2.18. The summed E-state index contributed by atoms with van der Waals surface area (Å²) in [5.74, 6) is -0.707. The minimum atomic E-state index is -0.554. The van der Waals surface area contributed by atoms with Crippen molar-refractivity contribution in [3.63, 3.8) is 0 Å². The van der Waals surface area contributed by atoms with E-state index in [-0.39, 0.29) is 11.5 Å². The third-order valence-electron chi connectivity index (χ3n) is 2.03. The SMILES string of the molecule is CC(C)(C)C(=O)Nc1ccc(F)cc1C#N. The molecular weight excluding hydrogens is 207 g/mol. The molecule has 0 aliphatic rings. The van der Waals surface area contributed by atoms with Gasteiger partial charge in [-0.05, 0) is 18.2 Å². The molecule has 0 heterocycles. The molecule has 4 heteroatoms. The molecule has 1 aromatic carbocycles. The van der Waals surface area contributed by atoms with Gasteiger partial charge >= 0.3 is 0 Å². The van der Waals surface area contributed by atoms with Crippen LogP contribution >= 0.6 is 0 Å². The van der Waals surface area contributed by atoms with Crippen LogP contribution in [0.2, 0.25) is 0 Å². The molecule has 0 saturated carbocycles. The highest BCUT2D eigenvalue weighted by Gasteiger charge is 2.22. The average Bonchev–Trinajstić information content (AvgIpc) is 2.19. The van der Waals surface area contributed by atoms with Gasteiger partial charge in [0.25, 0.3) is 0 Å². The summed E-state index contributed by atoms with van der Waals surface area (Å²) in [5.41, 5.74) is -0.0948. The van der Waals surface area contributed by atoms with E-state index >= 15 is 0 Å². The highest BCUT2D eigenvalue weighted by atomic mass is 19.1. The first-order chi connectivity index (χ1) is 7.34. The first kappa shape index (κ1) is 12.2.